The summed E-state index contributed by atoms with van der Waals surface area (Å²) in [6.07, 6.45) is 6.72. The Bertz CT molecular complexity index is 2880. The fourth-order valence-electron chi connectivity index (χ4n) is 9.85. The van der Waals surface area contributed by atoms with Gasteiger partial charge in [-0.1, -0.05) is 116 Å². The SMILES string of the molecule is Cc1cc(C2CCCCC2)ccc1-c1c(C)cc(N(c2cccc3c2c2ccccc2n3C)c2cccc3c4ccccc4n(C)c23)c2ccccc12. The monoisotopic (exact) mass is 687 g/mol. The van der Waals surface area contributed by atoms with Crippen LogP contribution in [0.4, 0.5) is 17.1 Å². The van der Waals surface area contributed by atoms with Crippen LogP contribution in [0, 0.1) is 13.8 Å². The maximum atomic E-state index is 2.56. The first-order chi connectivity index (χ1) is 26.0. The van der Waals surface area contributed by atoms with E-state index in [9.17, 15) is 0 Å². The quantitative estimate of drug-likeness (QED) is 0.176. The van der Waals surface area contributed by atoms with E-state index in [1.807, 2.05) is 0 Å². The van der Waals surface area contributed by atoms with E-state index in [2.05, 4.69) is 175 Å². The number of benzene rings is 7. The molecule has 9 aromatic rings. The average molecular weight is 688 g/mol. The maximum Gasteiger partial charge on any atom is 0.0733 e. The van der Waals surface area contributed by atoms with Crippen molar-refractivity contribution >= 4 is 71.4 Å². The smallest absolute Gasteiger partial charge is 0.0733 e. The van der Waals surface area contributed by atoms with E-state index < -0.39 is 0 Å². The largest absolute Gasteiger partial charge is 0.344 e. The minimum absolute atomic E-state index is 0.693. The number of rotatable bonds is 5. The second-order valence-electron chi connectivity index (χ2n) is 15.4. The fourth-order valence-corrected chi connectivity index (χ4v) is 9.85. The molecule has 0 amide bonds. The number of aromatic nitrogens is 2. The zero-order chi connectivity index (χ0) is 35.8. The molecule has 0 spiro atoms. The van der Waals surface area contributed by atoms with E-state index in [4.69, 9.17) is 0 Å². The molecule has 53 heavy (non-hydrogen) atoms. The van der Waals surface area contributed by atoms with Crippen molar-refractivity contribution < 1.29 is 0 Å². The molecule has 3 heteroatoms. The highest BCUT2D eigenvalue weighted by atomic mass is 15.2. The highest BCUT2D eigenvalue weighted by Gasteiger charge is 2.26. The Hall–Kier alpha value is -5.80. The number of nitrogens with zero attached hydrogens (tertiary/aromatic N) is 3. The fraction of sp³-hybridized carbons (Fsp3) is 0.200. The summed E-state index contributed by atoms with van der Waals surface area (Å²) in [6.45, 7) is 4.63. The van der Waals surface area contributed by atoms with Gasteiger partial charge < -0.3 is 14.0 Å². The Labute approximate surface area is 311 Å². The Kier molecular flexibility index (Phi) is 7.47. The van der Waals surface area contributed by atoms with Gasteiger partial charge in [-0.05, 0) is 102 Å². The van der Waals surface area contributed by atoms with Crippen LogP contribution in [-0.2, 0) is 14.1 Å². The Morgan fingerprint density at radius 1 is 0.491 bits per heavy atom. The number of hydrogen-bond donors (Lipinski definition) is 0. The predicted octanol–water partition coefficient (Wildman–Crippen LogP) is 13.9. The molecule has 1 fully saturated rings. The highest BCUT2D eigenvalue weighted by molar-refractivity contribution is 6.20. The topological polar surface area (TPSA) is 13.1 Å². The van der Waals surface area contributed by atoms with Gasteiger partial charge in [0.25, 0.3) is 0 Å². The number of anilines is 3. The summed E-state index contributed by atoms with van der Waals surface area (Å²) in [5.41, 5.74) is 15.3. The van der Waals surface area contributed by atoms with Gasteiger partial charge in [0.05, 0.1) is 28.1 Å². The van der Waals surface area contributed by atoms with Gasteiger partial charge in [0.15, 0.2) is 0 Å². The number of fused-ring (bicyclic) bond motifs is 7. The van der Waals surface area contributed by atoms with E-state index in [-0.39, 0.29) is 0 Å². The van der Waals surface area contributed by atoms with Crippen molar-refractivity contribution in [2.75, 3.05) is 4.90 Å². The van der Waals surface area contributed by atoms with Gasteiger partial charge in [0, 0.05) is 52.1 Å². The first kappa shape index (κ1) is 31.9. The van der Waals surface area contributed by atoms with Crippen molar-refractivity contribution in [1.29, 1.82) is 0 Å². The van der Waals surface area contributed by atoms with Gasteiger partial charge in [0.2, 0.25) is 0 Å². The van der Waals surface area contributed by atoms with Crippen molar-refractivity contribution in [2.24, 2.45) is 14.1 Å². The first-order valence-electron chi connectivity index (χ1n) is 19.4. The van der Waals surface area contributed by atoms with Crippen LogP contribution in [0.5, 0.6) is 0 Å². The molecule has 0 saturated heterocycles. The standard InChI is InChI=1S/C50H45N3/c1-32-30-35(34-16-6-5-7-17-34)28-29-36(32)48-33(2)31-47(37-18-8-9-20-39(37)48)53(45-26-15-25-44-49(45)41-21-11-13-24-43(41)51(44)3)46-27-14-22-40-38-19-10-12-23-42(38)52(4)50(40)46/h8-15,18-31,34H,5-7,16-17H2,1-4H3. The van der Waals surface area contributed by atoms with Gasteiger partial charge in [-0.3, -0.25) is 0 Å². The molecule has 2 aromatic heterocycles. The lowest BCUT2D eigenvalue weighted by atomic mass is 9.82. The molecule has 2 heterocycles. The lowest BCUT2D eigenvalue weighted by Gasteiger charge is -2.30. The molecule has 0 atom stereocenters. The van der Waals surface area contributed by atoms with Gasteiger partial charge >= 0.3 is 0 Å². The molecular formula is C50H45N3. The third-order valence-corrected chi connectivity index (χ3v) is 12.4. The summed E-state index contributed by atoms with van der Waals surface area (Å²) < 4.78 is 4.73. The molecule has 7 aromatic carbocycles. The first-order valence-corrected chi connectivity index (χ1v) is 19.4. The lowest BCUT2D eigenvalue weighted by molar-refractivity contribution is 0.443. The minimum Gasteiger partial charge on any atom is -0.344 e. The maximum absolute atomic E-state index is 2.56. The second-order valence-corrected chi connectivity index (χ2v) is 15.4. The Morgan fingerprint density at radius 3 is 1.89 bits per heavy atom. The molecule has 0 radical (unpaired) electrons. The average Bonchev–Trinajstić information content (AvgIpc) is 3.67. The molecule has 260 valence electrons. The zero-order valence-corrected chi connectivity index (χ0v) is 31.2. The highest BCUT2D eigenvalue weighted by Crippen LogP contribution is 2.50. The summed E-state index contributed by atoms with van der Waals surface area (Å²) in [5.74, 6) is 0.693. The van der Waals surface area contributed by atoms with Crippen LogP contribution in [0.2, 0.25) is 0 Å². The number of aryl methyl sites for hydroxylation is 4. The molecule has 1 aliphatic rings. The van der Waals surface area contributed by atoms with Crippen LogP contribution in [0.3, 0.4) is 0 Å². The number of hydrogen-bond acceptors (Lipinski definition) is 1. The van der Waals surface area contributed by atoms with E-state index in [1.54, 1.807) is 0 Å². The zero-order valence-electron chi connectivity index (χ0n) is 31.2. The van der Waals surface area contributed by atoms with Crippen LogP contribution in [0.15, 0.2) is 133 Å². The van der Waals surface area contributed by atoms with Gasteiger partial charge in [-0.25, -0.2) is 0 Å². The van der Waals surface area contributed by atoms with Crippen molar-refractivity contribution in [3.05, 3.63) is 150 Å². The van der Waals surface area contributed by atoms with E-state index >= 15 is 0 Å². The lowest BCUT2D eigenvalue weighted by Crippen LogP contribution is -2.13. The summed E-state index contributed by atoms with van der Waals surface area (Å²) in [5, 5.41) is 7.61. The van der Waals surface area contributed by atoms with Gasteiger partial charge in [0.1, 0.15) is 0 Å². The summed E-state index contributed by atoms with van der Waals surface area (Å²) in [4.78, 5) is 2.56. The molecule has 0 N–H and O–H groups in total. The molecule has 3 nitrogen and oxygen atoms in total. The molecule has 1 aliphatic carbocycles. The van der Waals surface area contributed by atoms with Crippen LogP contribution < -0.4 is 4.90 Å². The minimum atomic E-state index is 0.693. The summed E-state index contributed by atoms with van der Waals surface area (Å²) in [6, 6.07) is 50.2. The van der Waals surface area contributed by atoms with Crippen LogP contribution in [0.25, 0.3) is 65.5 Å². The van der Waals surface area contributed by atoms with E-state index in [0.717, 1.165) is 0 Å². The molecule has 0 aliphatic heterocycles. The Balaban J connectivity index is 1.28. The molecule has 0 bridgehead atoms. The summed E-state index contributed by atoms with van der Waals surface area (Å²) >= 11 is 0. The third kappa shape index (κ3) is 4.87. The van der Waals surface area contributed by atoms with Gasteiger partial charge in [-0.2, -0.15) is 0 Å². The van der Waals surface area contributed by atoms with E-state index in [0.29, 0.717) is 5.92 Å². The van der Waals surface area contributed by atoms with Crippen LogP contribution in [-0.4, -0.2) is 9.13 Å². The third-order valence-electron chi connectivity index (χ3n) is 12.4. The summed E-state index contributed by atoms with van der Waals surface area (Å²) in [7, 11) is 4.41. The molecule has 1 saturated carbocycles. The van der Waals surface area contributed by atoms with Crippen molar-refractivity contribution in [3.63, 3.8) is 0 Å². The molecule has 0 unspecified atom stereocenters. The number of para-hydroxylation sites is 3. The van der Waals surface area contributed by atoms with E-state index in [1.165, 1.54) is 131 Å². The second kappa shape index (κ2) is 12.4. The van der Waals surface area contributed by atoms with Crippen molar-refractivity contribution in [3.8, 4) is 11.1 Å². The van der Waals surface area contributed by atoms with Crippen molar-refractivity contribution in [1.82, 2.24) is 9.13 Å². The van der Waals surface area contributed by atoms with Crippen molar-refractivity contribution in [2.45, 2.75) is 51.9 Å². The van der Waals surface area contributed by atoms with Crippen LogP contribution >= 0.6 is 0 Å². The van der Waals surface area contributed by atoms with Gasteiger partial charge in [-0.15, -0.1) is 0 Å². The Morgan fingerprint density at radius 2 is 1.11 bits per heavy atom. The molecular weight excluding hydrogens is 643 g/mol. The predicted molar refractivity (Wildman–Crippen MR) is 227 cm³/mol. The normalized spacial score (nSPS) is 14.0. The molecule has 10 rings (SSSR count). The van der Waals surface area contributed by atoms with Crippen LogP contribution in [0.1, 0.15) is 54.7 Å².